The maximum Gasteiger partial charge on any atom is 0.343 e. The number of carbonyl (C=O) groups is 1. The Balaban J connectivity index is 2.13. The molecule has 7 nitrogen and oxygen atoms in total. The molecule has 0 spiro atoms. The van der Waals surface area contributed by atoms with Crippen molar-refractivity contribution >= 4 is 29.5 Å². The first-order chi connectivity index (χ1) is 12.0. The topological polar surface area (TPSA) is 95.2 Å². The molecule has 0 saturated heterocycles. The molecule has 2 aromatic rings. The van der Waals surface area contributed by atoms with Crippen LogP contribution in [0.15, 0.2) is 47.6 Å². The monoisotopic (exact) mass is 359 g/mol. The largest absolute Gasteiger partial charge is 0.497 e. The van der Waals surface area contributed by atoms with E-state index in [0.29, 0.717) is 28.4 Å². The van der Waals surface area contributed by atoms with Gasteiger partial charge in [-0.2, -0.15) is 5.10 Å². The molecule has 0 fully saturated rings. The maximum absolute atomic E-state index is 12.2. The van der Waals surface area contributed by atoms with Gasteiger partial charge in [-0.15, -0.1) is 0 Å². The normalized spacial score (nSPS) is 10.3. The zero-order chi connectivity index (χ0) is 18.2. The molecule has 0 aromatic heterocycles. The zero-order valence-electron chi connectivity index (χ0n) is 13.7. The molecule has 0 unspecified atom stereocenters. The van der Waals surface area contributed by atoms with Gasteiger partial charge in [-0.25, -0.2) is 4.79 Å². The lowest BCUT2D eigenvalue weighted by molar-refractivity contribution is 0.0729. The highest BCUT2D eigenvalue weighted by molar-refractivity contribution is 7.80. The molecular formula is C17H17N3O4S. The summed E-state index contributed by atoms with van der Waals surface area (Å²) in [5.41, 5.74) is 8.84. The van der Waals surface area contributed by atoms with Crippen molar-refractivity contribution in [1.29, 1.82) is 0 Å². The fourth-order valence-corrected chi connectivity index (χ4v) is 1.96. The van der Waals surface area contributed by atoms with Crippen molar-refractivity contribution in [3.05, 3.63) is 53.6 Å². The van der Waals surface area contributed by atoms with Crippen LogP contribution in [0.2, 0.25) is 0 Å². The molecule has 0 aliphatic carbocycles. The van der Waals surface area contributed by atoms with Crippen LogP contribution in [-0.4, -0.2) is 31.5 Å². The van der Waals surface area contributed by atoms with E-state index in [1.165, 1.54) is 13.3 Å². The van der Waals surface area contributed by atoms with Gasteiger partial charge < -0.3 is 19.9 Å². The number of rotatable bonds is 6. The Bertz CT molecular complexity index is 791. The van der Waals surface area contributed by atoms with Crippen LogP contribution in [0.4, 0.5) is 0 Å². The summed E-state index contributed by atoms with van der Waals surface area (Å²) >= 11 is 4.65. The van der Waals surface area contributed by atoms with Crippen LogP contribution in [0, 0.1) is 0 Å². The molecule has 0 saturated carbocycles. The molecule has 0 aliphatic rings. The van der Waals surface area contributed by atoms with Crippen molar-refractivity contribution in [3.63, 3.8) is 0 Å². The van der Waals surface area contributed by atoms with Crippen molar-refractivity contribution in [2.45, 2.75) is 0 Å². The number of carbonyl (C=O) groups excluding carboxylic acids is 1. The van der Waals surface area contributed by atoms with Gasteiger partial charge in [0.1, 0.15) is 5.75 Å². The minimum Gasteiger partial charge on any atom is -0.497 e. The van der Waals surface area contributed by atoms with Crippen LogP contribution >= 0.6 is 12.2 Å². The molecule has 0 amide bonds. The van der Waals surface area contributed by atoms with Gasteiger partial charge in [0.25, 0.3) is 0 Å². The summed E-state index contributed by atoms with van der Waals surface area (Å²) in [4.78, 5) is 12.2. The minimum atomic E-state index is -0.502. The average molecular weight is 359 g/mol. The molecule has 2 rings (SSSR count). The Morgan fingerprint density at radius 1 is 1.12 bits per heavy atom. The molecule has 0 bridgehead atoms. The summed E-state index contributed by atoms with van der Waals surface area (Å²) in [5.74, 6) is 0.838. The van der Waals surface area contributed by atoms with Crippen LogP contribution in [0.25, 0.3) is 0 Å². The van der Waals surface area contributed by atoms with Gasteiger partial charge in [0.15, 0.2) is 16.6 Å². The summed E-state index contributed by atoms with van der Waals surface area (Å²) in [7, 11) is 3.04. The number of benzene rings is 2. The number of methoxy groups -OCH3 is 2. The Labute approximate surface area is 150 Å². The van der Waals surface area contributed by atoms with E-state index in [-0.39, 0.29) is 5.11 Å². The van der Waals surface area contributed by atoms with Crippen LogP contribution in [0.1, 0.15) is 15.9 Å². The van der Waals surface area contributed by atoms with Gasteiger partial charge in [-0.05, 0) is 60.2 Å². The van der Waals surface area contributed by atoms with E-state index in [9.17, 15) is 4.79 Å². The van der Waals surface area contributed by atoms with E-state index in [4.69, 9.17) is 19.9 Å². The van der Waals surface area contributed by atoms with Crippen molar-refractivity contribution < 1.29 is 19.0 Å². The number of hydrogen-bond donors (Lipinski definition) is 2. The standard InChI is InChI=1S/C17H17N3O4S/c1-22-13-6-4-12(5-7-13)16(21)24-14-8-3-11(9-15(14)23-2)10-19-20-17(18)25/h3-10H,1-2H3,(H3,18,20,25)/b19-10+. The summed E-state index contributed by atoms with van der Waals surface area (Å²) in [6.07, 6.45) is 1.51. The lowest BCUT2D eigenvalue weighted by Gasteiger charge is -2.10. The zero-order valence-corrected chi connectivity index (χ0v) is 14.5. The third kappa shape index (κ3) is 5.18. The Kier molecular flexibility index (Phi) is 6.30. The lowest BCUT2D eigenvalue weighted by atomic mass is 10.2. The van der Waals surface area contributed by atoms with Crippen LogP contribution in [0.5, 0.6) is 17.2 Å². The maximum atomic E-state index is 12.2. The summed E-state index contributed by atoms with van der Waals surface area (Å²) in [5, 5.41) is 3.92. The first-order valence-corrected chi connectivity index (χ1v) is 7.57. The SMILES string of the molecule is COc1ccc(C(=O)Oc2ccc(/C=N/NC(N)=S)cc2OC)cc1. The smallest absolute Gasteiger partial charge is 0.343 e. The average Bonchev–Trinajstić information content (AvgIpc) is 2.62. The highest BCUT2D eigenvalue weighted by Gasteiger charge is 2.13. The van der Waals surface area contributed by atoms with Gasteiger partial charge in [-0.1, -0.05) is 0 Å². The van der Waals surface area contributed by atoms with E-state index >= 15 is 0 Å². The number of nitrogens with one attached hydrogen (secondary N) is 1. The number of thiocarbonyl (C=S) groups is 1. The summed E-state index contributed by atoms with van der Waals surface area (Å²) in [6, 6.07) is 11.6. The highest BCUT2D eigenvalue weighted by Crippen LogP contribution is 2.28. The van der Waals surface area contributed by atoms with Crippen LogP contribution in [-0.2, 0) is 0 Å². The molecule has 8 heteroatoms. The Hall–Kier alpha value is -3.13. The van der Waals surface area contributed by atoms with E-state index in [0.717, 1.165) is 0 Å². The summed E-state index contributed by atoms with van der Waals surface area (Å²) in [6.45, 7) is 0. The van der Waals surface area contributed by atoms with Gasteiger partial charge in [0.05, 0.1) is 26.0 Å². The number of esters is 1. The first kappa shape index (κ1) is 18.2. The minimum absolute atomic E-state index is 0.0632. The van der Waals surface area contributed by atoms with E-state index < -0.39 is 5.97 Å². The van der Waals surface area contributed by atoms with E-state index in [1.807, 2.05) is 0 Å². The number of nitrogens with two attached hydrogens (primary N) is 1. The number of ether oxygens (including phenoxy) is 3. The second-order valence-corrected chi connectivity index (χ2v) is 5.20. The predicted octanol–water partition coefficient (Wildman–Crippen LogP) is 2.09. The van der Waals surface area contributed by atoms with Crippen molar-refractivity contribution in [3.8, 4) is 17.2 Å². The fourth-order valence-electron chi connectivity index (χ4n) is 1.91. The molecular weight excluding hydrogens is 342 g/mol. The molecule has 0 heterocycles. The van der Waals surface area contributed by atoms with Gasteiger partial charge >= 0.3 is 5.97 Å². The fraction of sp³-hybridized carbons (Fsp3) is 0.118. The van der Waals surface area contributed by atoms with Crippen molar-refractivity contribution in [2.24, 2.45) is 10.8 Å². The number of nitrogens with zero attached hydrogens (tertiary/aromatic N) is 1. The van der Waals surface area contributed by atoms with Gasteiger partial charge in [0.2, 0.25) is 0 Å². The summed E-state index contributed by atoms with van der Waals surface area (Å²) < 4.78 is 15.7. The highest BCUT2D eigenvalue weighted by atomic mass is 32.1. The molecule has 0 radical (unpaired) electrons. The van der Waals surface area contributed by atoms with E-state index in [2.05, 4.69) is 22.7 Å². The third-order valence-corrected chi connectivity index (χ3v) is 3.20. The second kappa shape index (κ2) is 8.65. The third-order valence-electron chi connectivity index (χ3n) is 3.10. The quantitative estimate of drug-likeness (QED) is 0.268. The van der Waals surface area contributed by atoms with Crippen LogP contribution in [0.3, 0.4) is 0 Å². The molecule has 0 atom stereocenters. The molecule has 3 N–H and O–H groups in total. The second-order valence-electron chi connectivity index (χ2n) is 4.76. The van der Waals surface area contributed by atoms with E-state index in [1.54, 1.807) is 49.6 Å². The lowest BCUT2D eigenvalue weighted by Crippen LogP contribution is -2.23. The molecule has 0 aliphatic heterocycles. The Morgan fingerprint density at radius 3 is 2.44 bits per heavy atom. The van der Waals surface area contributed by atoms with Gasteiger partial charge in [-0.3, -0.25) is 5.43 Å². The molecule has 130 valence electrons. The number of hydrazone groups is 1. The first-order valence-electron chi connectivity index (χ1n) is 7.16. The molecule has 25 heavy (non-hydrogen) atoms. The Morgan fingerprint density at radius 2 is 1.84 bits per heavy atom. The predicted molar refractivity (Wildman–Crippen MR) is 98.5 cm³/mol. The van der Waals surface area contributed by atoms with Gasteiger partial charge in [0, 0.05) is 0 Å². The van der Waals surface area contributed by atoms with Crippen LogP contribution < -0.4 is 25.4 Å². The van der Waals surface area contributed by atoms with Crippen molar-refractivity contribution in [2.75, 3.05) is 14.2 Å². The number of hydrogen-bond acceptors (Lipinski definition) is 6. The van der Waals surface area contributed by atoms with Crippen molar-refractivity contribution in [1.82, 2.24) is 5.43 Å². The molecule has 2 aromatic carbocycles.